The normalized spacial score (nSPS) is 21.4. The minimum Gasteiger partial charge on any atom is -0.494 e. The van der Waals surface area contributed by atoms with Crippen molar-refractivity contribution in [1.29, 1.82) is 0 Å². The van der Waals surface area contributed by atoms with Gasteiger partial charge in [0.2, 0.25) is 0 Å². The van der Waals surface area contributed by atoms with E-state index >= 15 is 0 Å². The summed E-state index contributed by atoms with van der Waals surface area (Å²) in [6.45, 7) is 2.14. The van der Waals surface area contributed by atoms with E-state index in [0.717, 1.165) is 6.07 Å². The summed E-state index contributed by atoms with van der Waals surface area (Å²) >= 11 is 0. The van der Waals surface area contributed by atoms with Crippen LogP contribution >= 0.6 is 0 Å². The van der Waals surface area contributed by atoms with Crippen LogP contribution in [0.25, 0.3) is 0 Å². The van der Waals surface area contributed by atoms with Crippen LogP contribution in [-0.4, -0.2) is 41.1 Å². The summed E-state index contributed by atoms with van der Waals surface area (Å²) in [5, 5.41) is 9.50. The van der Waals surface area contributed by atoms with Gasteiger partial charge in [-0.25, -0.2) is 9.18 Å². The quantitative estimate of drug-likeness (QED) is 0.925. The van der Waals surface area contributed by atoms with Crippen LogP contribution < -0.4 is 4.74 Å². The van der Waals surface area contributed by atoms with Crippen molar-refractivity contribution in [3.8, 4) is 5.75 Å². The number of halogens is 1. The number of ether oxygens (including phenoxy) is 1. The lowest BCUT2D eigenvalue weighted by atomic mass is 9.92. The zero-order valence-corrected chi connectivity index (χ0v) is 12.1. The van der Waals surface area contributed by atoms with Gasteiger partial charge >= 0.3 is 5.97 Å². The number of benzene rings is 1. The first-order chi connectivity index (χ1) is 9.96. The molecule has 1 unspecified atom stereocenters. The van der Waals surface area contributed by atoms with Crippen LogP contribution in [0.2, 0.25) is 0 Å². The second-order valence-electron chi connectivity index (χ2n) is 5.10. The Kier molecular flexibility index (Phi) is 4.16. The third-order valence-corrected chi connectivity index (χ3v) is 4.11. The number of rotatable bonds is 4. The van der Waals surface area contributed by atoms with E-state index in [-0.39, 0.29) is 11.3 Å². The Balaban J connectivity index is 2.37. The molecule has 2 rings (SSSR count). The molecule has 0 saturated carbocycles. The molecular formula is C15H18FNO4. The van der Waals surface area contributed by atoms with Crippen LogP contribution in [-0.2, 0) is 4.79 Å². The summed E-state index contributed by atoms with van der Waals surface area (Å²) < 4.78 is 18.3. The van der Waals surface area contributed by atoms with E-state index in [0.29, 0.717) is 25.8 Å². The van der Waals surface area contributed by atoms with E-state index in [1.807, 2.05) is 0 Å². The monoisotopic (exact) mass is 295 g/mol. The molecule has 0 spiro atoms. The number of amides is 1. The molecule has 1 aliphatic heterocycles. The van der Waals surface area contributed by atoms with Gasteiger partial charge in [0, 0.05) is 12.1 Å². The molecular weight excluding hydrogens is 277 g/mol. The average molecular weight is 295 g/mol. The van der Waals surface area contributed by atoms with Gasteiger partial charge in [0.05, 0.1) is 7.11 Å². The summed E-state index contributed by atoms with van der Waals surface area (Å²) in [6.07, 6.45) is 1.42. The number of carbonyl (C=O) groups excluding carboxylic acids is 1. The number of carbonyl (C=O) groups is 2. The lowest BCUT2D eigenvalue weighted by Crippen LogP contribution is -2.52. The predicted molar refractivity (Wildman–Crippen MR) is 73.9 cm³/mol. The fourth-order valence-corrected chi connectivity index (χ4v) is 2.86. The zero-order valence-electron chi connectivity index (χ0n) is 12.1. The van der Waals surface area contributed by atoms with Crippen molar-refractivity contribution < 1.29 is 23.8 Å². The second-order valence-corrected chi connectivity index (χ2v) is 5.10. The van der Waals surface area contributed by atoms with Crippen molar-refractivity contribution in [2.75, 3.05) is 13.7 Å². The molecule has 1 heterocycles. The van der Waals surface area contributed by atoms with Crippen LogP contribution in [0.5, 0.6) is 5.75 Å². The average Bonchev–Trinajstić information content (AvgIpc) is 2.92. The Morgan fingerprint density at radius 1 is 1.48 bits per heavy atom. The molecule has 114 valence electrons. The van der Waals surface area contributed by atoms with Gasteiger partial charge in [0.25, 0.3) is 5.91 Å². The number of carboxylic acids is 1. The summed E-state index contributed by atoms with van der Waals surface area (Å²) in [7, 11) is 1.32. The third-order valence-electron chi connectivity index (χ3n) is 4.11. The fourth-order valence-electron chi connectivity index (χ4n) is 2.86. The molecule has 21 heavy (non-hydrogen) atoms. The van der Waals surface area contributed by atoms with Gasteiger partial charge in [-0.3, -0.25) is 4.79 Å². The molecule has 1 amide bonds. The van der Waals surface area contributed by atoms with E-state index in [1.165, 1.54) is 24.1 Å². The van der Waals surface area contributed by atoms with Crippen LogP contribution in [0.1, 0.15) is 36.5 Å². The van der Waals surface area contributed by atoms with E-state index in [4.69, 9.17) is 4.74 Å². The van der Waals surface area contributed by atoms with Gasteiger partial charge in [0.1, 0.15) is 5.54 Å². The number of methoxy groups -OCH3 is 1. The minimum absolute atomic E-state index is 0.0301. The van der Waals surface area contributed by atoms with E-state index in [2.05, 4.69) is 0 Å². The number of nitrogens with zero attached hydrogens (tertiary/aromatic N) is 1. The van der Waals surface area contributed by atoms with Crippen molar-refractivity contribution in [3.63, 3.8) is 0 Å². The van der Waals surface area contributed by atoms with Crippen LogP contribution in [0.15, 0.2) is 18.2 Å². The number of aliphatic carboxylic acids is 1. The van der Waals surface area contributed by atoms with Crippen molar-refractivity contribution in [1.82, 2.24) is 4.90 Å². The van der Waals surface area contributed by atoms with E-state index in [1.54, 1.807) is 6.92 Å². The molecule has 0 aliphatic carbocycles. The Hall–Kier alpha value is -2.11. The molecule has 1 aliphatic rings. The highest BCUT2D eigenvalue weighted by molar-refractivity contribution is 5.98. The summed E-state index contributed by atoms with van der Waals surface area (Å²) in [5.74, 6) is -1.99. The second kappa shape index (κ2) is 5.71. The molecule has 0 radical (unpaired) electrons. The molecule has 1 N–H and O–H groups in total. The maximum atomic E-state index is 13.4. The predicted octanol–water partition coefficient (Wildman–Crippen LogP) is 2.30. The van der Waals surface area contributed by atoms with Gasteiger partial charge in [-0.05, 0) is 37.5 Å². The van der Waals surface area contributed by atoms with Gasteiger partial charge < -0.3 is 14.7 Å². The molecule has 0 aromatic heterocycles. The van der Waals surface area contributed by atoms with Gasteiger partial charge in [0.15, 0.2) is 11.6 Å². The first-order valence-electron chi connectivity index (χ1n) is 6.85. The summed E-state index contributed by atoms with van der Waals surface area (Å²) in [4.78, 5) is 25.6. The smallest absolute Gasteiger partial charge is 0.329 e. The zero-order chi connectivity index (χ0) is 15.6. The lowest BCUT2D eigenvalue weighted by Gasteiger charge is -2.34. The Bertz CT molecular complexity index is 575. The van der Waals surface area contributed by atoms with Gasteiger partial charge in [-0.15, -0.1) is 0 Å². The largest absolute Gasteiger partial charge is 0.494 e. The summed E-state index contributed by atoms with van der Waals surface area (Å²) in [6, 6.07) is 3.80. The van der Waals surface area contributed by atoms with E-state index in [9.17, 15) is 19.1 Å². The number of hydrogen-bond acceptors (Lipinski definition) is 3. The number of hydrogen-bond donors (Lipinski definition) is 1. The molecule has 6 heteroatoms. The molecule has 1 aromatic rings. The molecule has 0 bridgehead atoms. The SMILES string of the molecule is CCC1(C(=O)O)CCCN1C(=O)c1ccc(F)c(OC)c1. The maximum Gasteiger partial charge on any atom is 0.329 e. The number of likely N-dealkylation sites (tertiary alicyclic amines) is 1. The molecule has 1 fully saturated rings. The number of carboxylic acid groups (broad SMARTS) is 1. The van der Waals surface area contributed by atoms with Gasteiger partial charge in [-0.2, -0.15) is 0 Å². The van der Waals surface area contributed by atoms with E-state index < -0.39 is 23.2 Å². The fraction of sp³-hybridized carbons (Fsp3) is 0.467. The minimum atomic E-state index is -1.17. The molecule has 1 saturated heterocycles. The highest BCUT2D eigenvalue weighted by Crippen LogP contribution is 2.34. The molecule has 5 nitrogen and oxygen atoms in total. The summed E-state index contributed by atoms with van der Waals surface area (Å²) in [5.41, 5.74) is -0.937. The Morgan fingerprint density at radius 2 is 2.19 bits per heavy atom. The van der Waals surface area contributed by atoms with Crippen LogP contribution in [0.3, 0.4) is 0 Å². The highest BCUT2D eigenvalue weighted by Gasteiger charge is 2.48. The van der Waals surface area contributed by atoms with Crippen molar-refractivity contribution in [2.45, 2.75) is 31.7 Å². The van der Waals surface area contributed by atoms with Crippen molar-refractivity contribution in [2.24, 2.45) is 0 Å². The topological polar surface area (TPSA) is 66.8 Å². The van der Waals surface area contributed by atoms with Crippen molar-refractivity contribution >= 4 is 11.9 Å². The first kappa shape index (κ1) is 15.3. The van der Waals surface area contributed by atoms with Crippen molar-refractivity contribution in [3.05, 3.63) is 29.6 Å². The molecule has 1 aromatic carbocycles. The first-order valence-corrected chi connectivity index (χ1v) is 6.85. The standard InChI is InChI=1S/C15H18FNO4/c1-3-15(14(19)20)7-4-8-17(15)13(18)10-5-6-11(16)12(9-10)21-2/h5-6,9H,3-4,7-8H2,1-2H3,(H,19,20). The van der Waals surface area contributed by atoms with Gasteiger partial charge in [-0.1, -0.05) is 6.92 Å². The maximum absolute atomic E-state index is 13.4. The lowest BCUT2D eigenvalue weighted by molar-refractivity contribution is -0.148. The third kappa shape index (κ3) is 2.46. The Morgan fingerprint density at radius 3 is 2.76 bits per heavy atom. The van der Waals surface area contributed by atoms with Crippen LogP contribution in [0.4, 0.5) is 4.39 Å². The molecule has 1 atom stereocenters. The Labute approximate surface area is 122 Å². The highest BCUT2D eigenvalue weighted by atomic mass is 19.1. The van der Waals surface area contributed by atoms with Crippen LogP contribution in [0, 0.1) is 5.82 Å².